The summed E-state index contributed by atoms with van der Waals surface area (Å²) in [5, 5.41) is 0. The molecule has 0 N–H and O–H groups in total. The Balaban J connectivity index is 2.78. The summed E-state index contributed by atoms with van der Waals surface area (Å²) in [6.07, 6.45) is 9.41. The molecule has 0 nitrogen and oxygen atoms in total. The average Bonchev–Trinajstić information content (AvgIpc) is 2.34. The van der Waals surface area contributed by atoms with Gasteiger partial charge >= 0.3 is 0 Å². The molecule has 0 aromatic heterocycles. The van der Waals surface area contributed by atoms with Gasteiger partial charge in [0.1, 0.15) is 0 Å². The van der Waals surface area contributed by atoms with Gasteiger partial charge in [-0.3, -0.25) is 0 Å². The van der Waals surface area contributed by atoms with Crippen molar-refractivity contribution in [3.05, 3.63) is 91.1 Å². The fourth-order valence-electron chi connectivity index (χ4n) is 1.29. The Morgan fingerprint density at radius 3 is 2.31 bits per heavy atom. The summed E-state index contributed by atoms with van der Waals surface area (Å²) in [6.45, 7) is 11.4. The lowest BCUT2D eigenvalue weighted by atomic mass is 10.1. The minimum atomic E-state index is 0.929. The highest BCUT2D eigenvalue weighted by Gasteiger charge is 1.92. The summed E-state index contributed by atoms with van der Waals surface area (Å²) < 4.78 is 0. The summed E-state index contributed by atoms with van der Waals surface area (Å²) in [7, 11) is 0. The van der Waals surface area contributed by atoms with Crippen LogP contribution in [0.5, 0.6) is 0 Å². The Hall–Kier alpha value is -2.08. The topological polar surface area (TPSA) is 0 Å². The van der Waals surface area contributed by atoms with Crippen molar-refractivity contribution in [1.82, 2.24) is 0 Å². The van der Waals surface area contributed by atoms with Crippen LogP contribution in [0.15, 0.2) is 85.5 Å². The molecule has 0 saturated carbocycles. The molecule has 0 saturated heterocycles. The summed E-state index contributed by atoms with van der Waals surface area (Å²) in [4.78, 5) is 0. The molecular formula is C16H16. The van der Waals surface area contributed by atoms with Gasteiger partial charge in [-0.15, -0.1) is 0 Å². The van der Waals surface area contributed by atoms with Gasteiger partial charge in [0.05, 0.1) is 0 Å². The maximum Gasteiger partial charge on any atom is -0.0196 e. The smallest absolute Gasteiger partial charge is 0.0196 e. The van der Waals surface area contributed by atoms with Crippen LogP contribution in [0.1, 0.15) is 5.56 Å². The lowest BCUT2D eigenvalue weighted by Crippen LogP contribution is -1.79. The monoisotopic (exact) mass is 208 g/mol. The first-order valence-corrected chi connectivity index (χ1v) is 5.15. The zero-order valence-electron chi connectivity index (χ0n) is 9.39. The van der Waals surface area contributed by atoms with Gasteiger partial charge in [-0.2, -0.15) is 0 Å². The van der Waals surface area contributed by atoms with Crippen LogP contribution < -0.4 is 0 Å². The van der Waals surface area contributed by atoms with E-state index < -0.39 is 0 Å². The van der Waals surface area contributed by atoms with E-state index in [1.54, 1.807) is 12.2 Å². The third-order valence-electron chi connectivity index (χ3n) is 2.16. The first-order chi connectivity index (χ1) is 7.77. The van der Waals surface area contributed by atoms with Gasteiger partial charge < -0.3 is 0 Å². The van der Waals surface area contributed by atoms with Gasteiger partial charge in [-0.05, 0) is 16.7 Å². The molecule has 0 amide bonds. The molecule has 0 fully saturated rings. The molecule has 1 aromatic rings. The van der Waals surface area contributed by atoms with Crippen molar-refractivity contribution in [2.45, 2.75) is 0 Å². The molecule has 1 aromatic carbocycles. The van der Waals surface area contributed by atoms with Gasteiger partial charge in [0.2, 0.25) is 0 Å². The van der Waals surface area contributed by atoms with Gasteiger partial charge in [-0.25, -0.2) is 0 Å². The third kappa shape index (κ3) is 3.58. The molecule has 0 aliphatic heterocycles. The predicted molar refractivity (Wildman–Crippen MR) is 73.1 cm³/mol. The minimum Gasteiger partial charge on any atom is -0.0990 e. The highest BCUT2D eigenvalue weighted by molar-refractivity contribution is 5.57. The molecular weight excluding hydrogens is 192 g/mol. The summed E-state index contributed by atoms with van der Waals surface area (Å²) in [6, 6.07) is 10.1. The zero-order chi connectivity index (χ0) is 11.8. The first-order valence-electron chi connectivity index (χ1n) is 5.15. The molecule has 80 valence electrons. The lowest BCUT2D eigenvalue weighted by Gasteiger charge is -1.99. The van der Waals surface area contributed by atoms with Gasteiger partial charge in [0.25, 0.3) is 0 Å². The normalized spacial score (nSPS) is 11.4. The van der Waals surface area contributed by atoms with E-state index >= 15 is 0 Å². The fraction of sp³-hybridized carbons (Fsp3) is 0. The zero-order valence-corrected chi connectivity index (χ0v) is 9.39. The maximum absolute atomic E-state index is 3.99. The van der Waals surface area contributed by atoms with Crippen LogP contribution >= 0.6 is 0 Å². The molecule has 0 unspecified atom stereocenters. The molecule has 0 aliphatic rings. The SMILES string of the molecule is C=C/C=C(\C=C)C(=C)/C=C/c1ccccc1. The maximum atomic E-state index is 3.99. The Kier molecular flexibility index (Phi) is 4.81. The van der Waals surface area contributed by atoms with Crippen molar-refractivity contribution < 1.29 is 0 Å². The molecule has 1 rings (SSSR count). The van der Waals surface area contributed by atoms with E-state index in [-0.39, 0.29) is 0 Å². The number of hydrogen-bond acceptors (Lipinski definition) is 0. The second kappa shape index (κ2) is 6.41. The first kappa shape index (κ1) is 12.0. The number of allylic oxidation sites excluding steroid dienone is 6. The van der Waals surface area contributed by atoms with Gasteiger partial charge in [0.15, 0.2) is 0 Å². The van der Waals surface area contributed by atoms with E-state index in [1.807, 2.05) is 36.4 Å². The van der Waals surface area contributed by atoms with Crippen molar-refractivity contribution in [1.29, 1.82) is 0 Å². The number of benzene rings is 1. The van der Waals surface area contributed by atoms with E-state index in [2.05, 4.69) is 31.9 Å². The second-order valence-corrected chi connectivity index (χ2v) is 3.33. The minimum absolute atomic E-state index is 0.929. The predicted octanol–water partition coefficient (Wildman–Crippen LogP) is 4.55. The summed E-state index contributed by atoms with van der Waals surface area (Å²) >= 11 is 0. The van der Waals surface area contributed by atoms with Crippen LogP contribution in [-0.4, -0.2) is 0 Å². The average molecular weight is 208 g/mol. The van der Waals surface area contributed by atoms with Crippen molar-refractivity contribution in [2.24, 2.45) is 0 Å². The molecule has 0 heteroatoms. The number of hydrogen-bond donors (Lipinski definition) is 0. The third-order valence-corrected chi connectivity index (χ3v) is 2.16. The number of rotatable bonds is 5. The Labute approximate surface area is 97.6 Å². The molecule has 0 bridgehead atoms. The van der Waals surface area contributed by atoms with Crippen molar-refractivity contribution in [2.75, 3.05) is 0 Å². The highest BCUT2D eigenvalue weighted by atomic mass is 14.0. The Morgan fingerprint density at radius 1 is 1.06 bits per heavy atom. The van der Waals surface area contributed by atoms with Crippen LogP contribution in [0.3, 0.4) is 0 Å². The van der Waals surface area contributed by atoms with E-state index in [9.17, 15) is 0 Å². The Morgan fingerprint density at radius 2 is 1.75 bits per heavy atom. The summed E-state index contributed by atoms with van der Waals surface area (Å²) in [5.74, 6) is 0. The van der Waals surface area contributed by atoms with Gasteiger partial charge in [0, 0.05) is 0 Å². The molecule has 16 heavy (non-hydrogen) atoms. The summed E-state index contributed by atoms with van der Waals surface area (Å²) in [5.41, 5.74) is 3.08. The van der Waals surface area contributed by atoms with Crippen molar-refractivity contribution in [3.8, 4) is 0 Å². The standard InChI is InChI=1S/C16H16/c1-4-9-16(5-2)14(3)12-13-15-10-7-6-8-11-15/h4-13H,1-3H2/b13-12+,16-9+. The van der Waals surface area contributed by atoms with E-state index in [0.29, 0.717) is 0 Å². The molecule has 0 radical (unpaired) electrons. The Bertz CT molecular complexity index is 430. The van der Waals surface area contributed by atoms with E-state index in [0.717, 1.165) is 16.7 Å². The molecule has 0 spiro atoms. The highest BCUT2D eigenvalue weighted by Crippen LogP contribution is 2.12. The van der Waals surface area contributed by atoms with E-state index in [4.69, 9.17) is 0 Å². The largest absolute Gasteiger partial charge is 0.0990 e. The fourth-order valence-corrected chi connectivity index (χ4v) is 1.29. The van der Waals surface area contributed by atoms with Gasteiger partial charge in [-0.1, -0.05) is 80.4 Å². The molecule has 0 aliphatic carbocycles. The second-order valence-electron chi connectivity index (χ2n) is 3.33. The van der Waals surface area contributed by atoms with Crippen LogP contribution in [0.4, 0.5) is 0 Å². The molecule has 0 heterocycles. The van der Waals surface area contributed by atoms with Crippen LogP contribution in [0, 0.1) is 0 Å². The van der Waals surface area contributed by atoms with Crippen molar-refractivity contribution >= 4 is 6.08 Å². The van der Waals surface area contributed by atoms with Crippen molar-refractivity contribution in [3.63, 3.8) is 0 Å². The van der Waals surface area contributed by atoms with E-state index in [1.165, 1.54) is 0 Å². The van der Waals surface area contributed by atoms with Crippen LogP contribution in [-0.2, 0) is 0 Å². The van der Waals surface area contributed by atoms with Crippen LogP contribution in [0.2, 0.25) is 0 Å². The molecule has 0 atom stereocenters. The van der Waals surface area contributed by atoms with Crippen LogP contribution in [0.25, 0.3) is 6.08 Å². The lowest BCUT2D eigenvalue weighted by molar-refractivity contribution is 1.58. The quantitative estimate of drug-likeness (QED) is 0.622.